The lowest BCUT2D eigenvalue weighted by atomic mass is 9.94. The second-order valence-corrected chi connectivity index (χ2v) is 7.39. The molecule has 0 bridgehead atoms. The third kappa shape index (κ3) is 3.09. The van der Waals surface area contributed by atoms with Gasteiger partial charge in [-0.1, -0.05) is 72.8 Å². The molecule has 0 saturated carbocycles. The molecule has 142 valence electrons. The summed E-state index contributed by atoms with van der Waals surface area (Å²) in [6.07, 6.45) is 1.83. The minimum Gasteiger partial charge on any atom is -0.298 e. The number of benzene rings is 5. The molecule has 2 nitrogen and oxygen atoms in total. The first-order valence-corrected chi connectivity index (χ1v) is 9.83. The van der Waals surface area contributed by atoms with Crippen LogP contribution in [0.5, 0.6) is 0 Å². The maximum atomic E-state index is 11.6. The van der Waals surface area contributed by atoms with E-state index in [4.69, 9.17) is 0 Å². The quantitative estimate of drug-likeness (QED) is 0.313. The van der Waals surface area contributed by atoms with Crippen molar-refractivity contribution in [2.45, 2.75) is 0 Å². The number of carbonyl (C=O) groups excluding carboxylic acids is 2. The Hall–Kier alpha value is -4.04. The van der Waals surface area contributed by atoms with Gasteiger partial charge in [-0.3, -0.25) is 9.59 Å². The highest BCUT2D eigenvalue weighted by atomic mass is 16.1. The van der Waals surface area contributed by atoms with Crippen molar-refractivity contribution in [3.63, 3.8) is 0 Å². The SMILES string of the molecule is O=Cc1cc(-c2ccc(-c3cc(C=O)c4ccccc4c3)cc2)cc2ccccc12. The molecule has 0 saturated heterocycles. The molecule has 0 spiro atoms. The number of fused-ring (bicyclic) bond motifs is 2. The van der Waals surface area contributed by atoms with Crippen LogP contribution in [-0.2, 0) is 0 Å². The van der Waals surface area contributed by atoms with Gasteiger partial charge in [0.25, 0.3) is 0 Å². The highest BCUT2D eigenvalue weighted by Gasteiger charge is 2.08. The fourth-order valence-corrected chi connectivity index (χ4v) is 4.06. The normalized spacial score (nSPS) is 10.9. The maximum absolute atomic E-state index is 11.6. The Labute approximate surface area is 174 Å². The lowest BCUT2D eigenvalue weighted by molar-refractivity contribution is 0.111. The van der Waals surface area contributed by atoms with Gasteiger partial charge in [-0.2, -0.15) is 0 Å². The van der Waals surface area contributed by atoms with Gasteiger partial charge in [0.15, 0.2) is 12.6 Å². The molecule has 2 heteroatoms. The van der Waals surface area contributed by atoms with E-state index in [0.29, 0.717) is 11.1 Å². The van der Waals surface area contributed by atoms with Gasteiger partial charge in [-0.25, -0.2) is 0 Å². The zero-order chi connectivity index (χ0) is 20.5. The van der Waals surface area contributed by atoms with Gasteiger partial charge in [0.05, 0.1) is 0 Å². The third-order valence-electron chi connectivity index (χ3n) is 5.59. The molecular formula is C28H18O2. The van der Waals surface area contributed by atoms with Crippen LogP contribution in [0, 0.1) is 0 Å². The third-order valence-corrected chi connectivity index (χ3v) is 5.59. The van der Waals surface area contributed by atoms with E-state index in [1.165, 1.54) is 0 Å². The van der Waals surface area contributed by atoms with Gasteiger partial charge >= 0.3 is 0 Å². The first-order valence-electron chi connectivity index (χ1n) is 9.83. The van der Waals surface area contributed by atoms with Crippen LogP contribution in [0.25, 0.3) is 43.8 Å². The van der Waals surface area contributed by atoms with E-state index >= 15 is 0 Å². The van der Waals surface area contributed by atoms with E-state index < -0.39 is 0 Å². The van der Waals surface area contributed by atoms with Gasteiger partial charge in [-0.15, -0.1) is 0 Å². The first kappa shape index (κ1) is 18.0. The number of aldehydes is 2. The Kier molecular flexibility index (Phi) is 4.45. The molecule has 5 aromatic rings. The maximum Gasteiger partial charge on any atom is 0.150 e. The molecule has 0 unspecified atom stereocenters. The molecule has 5 aromatic carbocycles. The van der Waals surface area contributed by atoms with Crippen LogP contribution in [-0.4, -0.2) is 12.6 Å². The van der Waals surface area contributed by atoms with E-state index in [1.807, 2.05) is 60.7 Å². The molecule has 0 N–H and O–H groups in total. The summed E-state index contributed by atoms with van der Waals surface area (Å²) in [4.78, 5) is 23.2. The van der Waals surface area contributed by atoms with Crippen LogP contribution in [0.3, 0.4) is 0 Å². The van der Waals surface area contributed by atoms with Crippen molar-refractivity contribution in [2.75, 3.05) is 0 Å². The minimum absolute atomic E-state index is 0.692. The number of hydrogen-bond donors (Lipinski definition) is 0. The van der Waals surface area contributed by atoms with Crippen molar-refractivity contribution in [2.24, 2.45) is 0 Å². The molecule has 0 aliphatic rings. The molecule has 30 heavy (non-hydrogen) atoms. The van der Waals surface area contributed by atoms with Crippen LogP contribution in [0.15, 0.2) is 97.1 Å². The molecule has 0 aliphatic heterocycles. The summed E-state index contributed by atoms with van der Waals surface area (Å²) >= 11 is 0. The molecule has 5 rings (SSSR count). The van der Waals surface area contributed by atoms with Crippen molar-refractivity contribution in [3.05, 3.63) is 108 Å². The average Bonchev–Trinajstić information content (AvgIpc) is 2.82. The zero-order valence-corrected chi connectivity index (χ0v) is 16.2. The van der Waals surface area contributed by atoms with E-state index in [1.54, 1.807) is 0 Å². The Morgan fingerprint density at radius 1 is 0.433 bits per heavy atom. The zero-order valence-electron chi connectivity index (χ0n) is 16.2. The van der Waals surface area contributed by atoms with Crippen molar-refractivity contribution in [1.82, 2.24) is 0 Å². The Balaban J connectivity index is 1.58. The molecule has 0 aliphatic carbocycles. The summed E-state index contributed by atoms with van der Waals surface area (Å²) in [6.45, 7) is 0. The molecule has 0 amide bonds. The summed E-state index contributed by atoms with van der Waals surface area (Å²) < 4.78 is 0. The average molecular weight is 386 g/mol. The van der Waals surface area contributed by atoms with Gasteiger partial charge in [0.2, 0.25) is 0 Å². The summed E-state index contributed by atoms with van der Waals surface area (Å²) in [5.74, 6) is 0. The van der Waals surface area contributed by atoms with E-state index in [0.717, 1.165) is 56.4 Å². The second-order valence-electron chi connectivity index (χ2n) is 7.39. The Bertz CT molecular complexity index is 1300. The molecule has 0 heterocycles. The Morgan fingerprint density at radius 3 is 1.23 bits per heavy atom. The fraction of sp³-hybridized carbons (Fsp3) is 0. The number of hydrogen-bond acceptors (Lipinski definition) is 2. The highest BCUT2D eigenvalue weighted by molar-refractivity contribution is 6.02. The van der Waals surface area contributed by atoms with Crippen LogP contribution in [0.2, 0.25) is 0 Å². The van der Waals surface area contributed by atoms with Gasteiger partial charge < -0.3 is 0 Å². The van der Waals surface area contributed by atoms with Crippen molar-refractivity contribution >= 4 is 34.1 Å². The van der Waals surface area contributed by atoms with Gasteiger partial charge in [0, 0.05) is 11.1 Å². The molecule has 0 atom stereocenters. The van der Waals surface area contributed by atoms with Crippen LogP contribution in [0.1, 0.15) is 20.7 Å². The fourth-order valence-electron chi connectivity index (χ4n) is 4.06. The summed E-state index contributed by atoms with van der Waals surface area (Å²) in [5, 5.41) is 4.02. The first-order chi connectivity index (χ1) is 14.8. The van der Waals surface area contributed by atoms with E-state index in [2.05, 4.69) is 36.4 Å². The van der Waals surface area contributed by atoms with Crippen molar-refractivity contribution < 1.29 is 9.59 Å². The summed E-state index contributed by atoms with van der Waals surface area (Å²) in [6, 6.07) is 32.2. The van der Waals surface area contributed by atoms with Crippen LogP contribution >= 0.6 is 0 Å². The monoisotopic (exact) mass is 386 g/mol. The number of carbonyl (C=O) groups is 2. The predicted molar refractivity (Wildman–Crippen MR) is 123 cm³/mol. The second kappa shape index (κ2) is 7.41. The molecular weight excluding hydrogens is 368 g/mol. The topological polar surface area (TPSA) is 34.1 Å². The highest BCUT2D eigenvalue weighted by Crippen LogP contribution is 2.31. The number of rotatable bonds is 4. The largest absolute Gasteiger partial charge is 0.298 e. The minimum atomic E-state index is 0.692. The molecule has 0 aromatic heterocycles. The summed E-state index contributed by atoms with van der Waals surface area (Å²) in [5.41, 5.74) is 5.49. The lowest BCUT2D eigenvalue weighted by Gasteiger charge is -2.10. The van der Waals surface area contributed by atoms with E-state index in [-0.39, 0.29) is 0 Å². The van der Waals surface area contributed by atoms with Gasteiger partial charge in [0.1, 0.15) is 0 Å². The van der Waals surface area contributed by atoms with Gasteiger partial charge in [-0.05, 0) is 68.1 Å². The van der Waals surface area contributed by atoms with E-state index in [9.17, 15) is 9.59 Å². The lowest BCUT2D eigenvalue weighted by Crippen LogP contribution is -1.88. The Morgan fingerprint density at radius 2 is 0.833 bits per heavy atom. The summed E-state index contributed by atoms with van der Waals surface area (Å²) in [7, 11) is 0. The molecule has 0 radical (unpaired) electrons. The predicted octanol–water partition coefficient (Wildman–Crippen LogP) is 6.95. The van der Waals surface area contributed by atoms with Crippen LogP contribution in [0.4, 0.5) is 0 Å². The van der Waals surface area contributed by atoms with Crippen molar-refractivity contribution in [1.29, 1.82) is 0 Å². The standard InChI is InChI=1S/C28H18O2/c29-17-25-15-23(13-21-5-1-3-7-27(21)25)19-9-11-20(12-10-19)24-14-22-6-2-4-8-28(22)26(16-24)18-30/h1-18H. The van der Waals surface area contributed by atoms with Crippen LogP contribution < -0.4 is 0 Å². The van der Waals surface area contributed by atoms with Crippen molar-refractivity contribution in [3.8, 4) is 22.3 Å². The molecule has 0 fully saturated rings. The smallest absolute Gasteiger partial charge is 0.150 e.